The molecule has 282 valence electrons. The molecule has 4 aromatic rings. The molecule has 4 heterocycles. The SMILES string of the molecule is COc1ccc(C2=CN3C(=O)c4cc(OC)c(OCCCOc5cc6c(cc5OC)C(O)N5C=C(c7ccc(OC)cc7)C[C@H]5C=N6)cc4N=C[C@@H]3C2)cc1. The second kappa shape index (κ2) is 15.2. The van der Waals surface area contributed by atoms with Crippen LogP contribution < -0.4 is 28.4 Å². The van der Waals surface area contributed by atoms with E-state index in [-0.39, 0.29) is 18.0 Å². The third-order valence-electron chi connectivity index (χ3n) is 10.3. The van der Waals surface area contributed by atoms with Gasteiger partial charge in [0.2, 0.25) is 0 Å². The fourth-order valence-electron chi connectivity index (χ4n) is 7.32. The number of aliphatic imine (C=N–C) groups is 2. The van der Waals surface area contributed by atoms with Crippen molar-refractivity contribution in [3.8, 4) is 34.5 Å². The Morgan fingerprint density at radius 3 is 1.82 bits per heavy atom. The maximum Gasteiger partial charge on any atom is 0.260 e. The number of carbonyl (C=O) groups is 1. The number of carbonyl (C=O) groups excluding carboxylic acids is 1. The molecule has 0 aliphatic carbocycles. The Labute approximate surface area is 319 Å². The van der Waals surface area contributed by atoms with Crippen molar-refractivity contribution in [3.05, 3.63) is 107 Å². The van der Waals surface area contributed by atoms with Crippen molar-refractivity contribution < 1.29 is 38.3 Å². The number of hydrogen-bond donors (Lipinski definition) is 1. The van der Waals surface area contributed by atoms with Gasteiger partial charge < -0.3 is 43.3 Å². The first-order valence-electron chi connectivity index (χ1n) is 18.1. The molecule has 55 heavy (non-hydrogen) atoms. The van der Waals surface area contributed by atoms with E-state index in [0.29, 0.717) is 78.0 Å². The number of aliphatic hydroxyl groups excluding tert-OH is 1. The molecule has 1 unspecified atom stereocenters. The fourth-order valence-corrected chi connectivity index (χ4v) is 7.32. The second-order valence-corrected chi connectivity index (χ2v) is 13.5. The van der Waals surface area contributed by atoms with Crippen molar-refractivity contribution >= 4 is 40.9 Å². The van der Waals surface area contributed by atoms with Gasteiger partial charge in [-0.2, -0.15) is 0 Å². The van der Waals surface area contributed by atoms with Crippen LogP contribution in [0.25, 0.3) is 11.1 Å². The van der Waals surface area contributed by atoms with Gasteiger partial charge in [-0.25, -0.2) is 0 Å². The van der Waals surface area contributed by atoms with Crippen LogP contribution in [0.4, 0.5) is 11.4 Å². The molecular weight excluding hydrogens is 700 g/mol. The van der Waals surface area contributed by atoms with Crippen LogP contribution in [0.1, 0.15) is 52.5 Å². The largest absolute Gasteiger partial charge is 0.497 e. The van der Waals surface area contributed by atoms with E-state index in [1.165, 1.54) is 0 Å². The number of rotatable bonds is 12. The van der Waals surface area contributed by atoms with Gasteiger partial charge in [-0.05, 0) is 65.1 Å². The van der Waals surface area contributed by atoms with Crippen LogP contribution in [0.15, 0.2) is 95.2 Å². The lowest BCUT2D eigenvalue weighted by molar-refractivity contribution is 0.0336. The predicted molar refractivity (Wildman–Crippen MR) is 210 cm³/mol. The highest BCUT2D eigenvalue weighted by molar-refractivity contribution is 6.05. The number of hydrogen-bond acceptors (Lipinski definition) is 11. The first-order chi connectivity index (χ1) is 26.9. The van der Waals surface area contributed by atoms with E-state index < -0.39 is 6.23 Å². The van der Waals surface area contributed by atoms with Gasteiger partial charge in [0.15, 0.2) is 29.2 Å². The Bertz CT molecular complexity index is 2210. The van der Waals surface area contributed by atoms with Gasteiger partial charge in [0.25, 0.3) is 5.91 Å². The standard InChI is InChI=1S/C43H42N4O8/c1-50-32-10-6-26(7-11-32)28-16-30-22-44-36-20-40(38(52-3)18-34(36)42(48)46(30)24-28)54-14-5-15-55-41-21-37-35(19-39(41)53-4)43(49)47-25-29(17-31(47)23-45-37)27-8-12-33(51-2)13-9-27/h6-13,18-25,30-31,42,48H,5,14-17H2,1-4H3/t30-,31-,42?/m0/s1. The monoisotopic (exact) mass is 742 g/mol. The number of nitrogens with zero attached hydrogens (tertiary/aromatic N) is 4. The van der Waals surface area contributed by atoms with E-state index in [0.717, 1.165) is 33.8 Å². The quantitative estimate of drug-likeness (QED) is 0.148. The van der Waals surface area contributed by atoms with Crippen molar-refractivity contribution in [2.75, 3.05) is 41.7 Å². The molecule has 4 aliphatic rings. The number of amides is 1. The van der Waals surface area contributed by atoms with Gasteiger partial charge in [0.1, 0.15) is 11.5 Å². The van der Waals surface area contributed by atoms with Crippen molar-refractivity contribution in [1.29, 1.82) is 0 Å². The maximum atomic E-state index is 13.8. The number of benzene rings is 4. The number of ether oxygens (including phenoxy) is 6. The Hall–Kier alpha value is -6.27. The minimum Gasteiger partial charge on any atom is -0.497 e. The average Bonchev–Trinajstić information content (AvgIpc) is 3.80. The van der Waals surface area contributed by atoms with Gasteiger partial charge in [-0.3, -0.25) is 14.8 Å². The molecule has 0 fully saturated rings. The molecule has 12 heteroatoms. The van der Waals surface area contributed by atoms with Crippen LogP contribution in [-0.2, 0) is 0 Å². The zero-order valence-electron chi connectivity index (χ0n) is 31.1. The molecule has 0 aromatic heterocycles. The third kappa shape index (κ3) is 6.96. The molecule has 0 saturated carbocycles. The van der Waals surface area contributed by atoms with E-state index in [1.807, 2.05) is 78.3 Å². The summed E-state index contributed by atoms with van der Waals surface area (Å²) < 4.78 is 34.2. The van der Waals surface area contributed by atoms with Crippen molar-refractivity contribution in [1.82, 2.24) is 9.80 Å². The molecule has 0 spiro atoms. The van der Waals surface area contributed by atoms with Gasteiger partial charge in [0.05, 0.1) is 70.7 Å². The molecule has 0 radical (unpaired) electrons. The smallest absolute Gasteiger partial charge is 0.260 e. The molecule has 12 nitrogen and oxygen atoms in total. The summed E-state index contributed by atoms with van der Waals surface area (Å²) in [6.07, 6.45) is 8.57. The minimum atomic E-state index is -0.921. The lowest BCUT2D eigenvalue weighted by Crippen LogP contribution is -2.32. The number of aliphatic hydroxyl groups is 1. The van der Waals surface area contributed by atoms with Crippen LogP contribution in [0.5, 0.6) is 34.5 Å². The summed E-state index contributed by atoms with van der Waals surface area (Å²) in [6.45, 7) is 0.646. The summed E-state index contributed by atoms with van der Waals surface area (Å²) in [5, 5.41) is 11.5. The first kappa shape index (κ1) is 35.7. The molecule has 0 saturated heterocycles. The molecule has 4 aromatic carbocycles. The average molecular weight is 743 g/mol. The van der Waals surface area contributed by atoms with Gasteiger partial charge >= 0.3 is 0 Å². The van der Waals surface area contributed by atoms with Gasteiger partial charge in [-0.15, -0.1) is 0 Å². The Morgan fingerprint density at radius 1 is 0.655 bits per heavy atom. The van der Waals surface area contributed by atoms with Gasteiger partial charge in [-0.1, -0.05) is 24.3 Å². The Morgan fingerprint density at radius 2 is 1.20 bits per heavy atom. The van der Waals surface area contributed by atoms with E-state index in [1.54, 1.807) is 57.6 Å². The number of fused-ring (bicyclic) bond motifs is 4. The Balaban J connectivity index is 0.904. The highest BCUT2D eigenvalue weighted by Crippen LogP contribution is 2.44. The lowest BCUT2D eigenvalue weighted by atomic mass is 10.0. The highest BCUT2D eigenvalue weighted by atomic mass is 16.5. The van der Waals surface area contributed by atoms with Crippen LogP contribution in [0, 0.1) is 0 Å². The maximum absolute atomic E-state index is 13.8. The summed E-state index contributed by atoms with van der Waals surface area (Å²) >= 11 is 0. The minimum absolute atomic E-state index is 0.104. The van der Waals surface area contributed by atoms with Crippen LogP contribution in [0.3, 0.4) is 0 Å². The zero-order chi connectivity index (χ0) is 38.1. The second-order valence-electron chi connectivity index (χ2n) is 13.5. The van der Waals surface area contributed by atoms with Crippen LogP contribution in [0.2, 0.25) is 0 Å². The predicted octanol–water partition coefficient (Wildman–Crippen LogP) is 7.36. The lowest BCUT2D eigenvalue weighted by Gasteiger charge is -2.27. The number of methoxy groups -OCH3 is 4. The third-order valence-corrected chi connectivity index (χ3v) is 10.3. The normalized spacial score (nSPS) is 19.3. The van der Waals surface area contributed by atoms with Crippen molar-refractivity contribution in [2.45, 2.75) is 37.6 Å². The Kier molecular flexibility index (Phi) is 9.90. The highest BCUT2D eigenvalue weighted by Gasteiger charge is 2.35. The van der Waals surface area contributed by atoms with Crippen LogP contribution in [-0.4, -0.2) is 87.0 Å². The van der Waals surface area contributed by atoms with E-state index in [2.05, 4.69) is 0 Å². The van der Waals surface area contributed by atoms with E-state index in [9.17, 15) is 9.90 Å². The van der Waals surface area contributed by atoms with Crippen molar-refractivity contribution in [2.24, 2.45) is 9.98 Å². The summed E-state index contributed by atoms with van der Waals surface area (Å²) in [7, 11) is 6.41. The summed E-state index contributed by atoms with van der Waals surface area (Å²) in [5.74, 6) is 3.36. The topological polar surface area (TPSA) is 124 Å². The summed E-state index contributed by atoms with van der Waals surface area (Å²) in [5.41, 5.74) is 6.48. The van der Waals surface area contributed by atoms with Gasteiger partial charge in [0, 0.05) is 55.4 Å². The molecule has 4 aliphatic heterocycles. The van der Waals surface area contributed by atoms with E-state index >= 15 is 0 Å². The van der Waals surface area contributed by atoms with Crippen LogP contribution >= 0.6 is 0 Å². The molecule has 1 amide bonds. The summed E-state index contributed by atoms with van der Waals surface area (Å²) in [6, 6.07) is 22.4. The molecule has 0 bridgehead atoms. The molecule has 1 N–H and O–H groups in total. The molecule has 8 rings (SSSR count). The zero-order valence-corrected chi connectivity index (χ0v) is 31.1. The molecule has 3 atom stereocenters. The molecular formula is C43H42N4O8. The first-order valence-corrected chi connectivity index (χ1v) is 18.1. The summed E-state index contributed by atoms with van der Waals surface area (Å²) in [4.78, 5) is 26.9. The van der Waals surface area contributed by atoms with Crippen molar-refractivity contribution in [3.63, 3.8) is 0 Å². The van der Waals surface area contributed by atoms with E-state index in [4.69, 9.17) is 38.4 Å². The fraction of sp³-hybridized carbons (Fsp3) is 0.279.